The first-order chi connectivity index (χ1) is 12.9. The first-order valence-corrected chi connectivity index (χ1v) is 10.6. The normalized spacial score (nSPS) is 16.2. The number of benzene rings is 1. The molecule has 0 aliphatic carbocycles. The number of ether oxygens (including phenoxy) is 1. The third-order valence-corrected chi connectivity index (χ3v) is 6.52. The fourth-order valence-corrected chi connectivity index (χ4v) is 4.62. The summed E-state index contributed by atoms with van der Waals surface area (Å²) in [5.41, 5.74) is 1.16. The number of amides is 1. The van der Waals surface area contributed by atoms with Crippen LogP contribution in [0.15, 0.2) is 41.4 Å². The third-order valence-electron chi connectivity index (χ3n) is 4.64. The molecule has 1 aromatic carbocycles. The molecule has 7 nitrogen and oxygen atoms in total. The molecule has 2 heterocycles. The summed E-state index contributed by atoms with van der Waals surface area (Å²) in [6.07, 6.45) is 3.12. The summed E-state index contributed by atoms with van der Waals surface area (Å²) in [6, 6.07) is 8.68. The number of carbonyl (C=O) groups excluding carboxylic acids is 1. The number of hydrogen-bond donors (Lipinski definition) is 2. The first-order valence-electron chi connectivity index (χ1n) is 9.14. The van der Waals surface area contributed by atoms with E-state index in [-0.39, 0.29) is 22.5 Å². The monoisotopic (exact) mass is 391 g/mol. The molecule has 1 aromatic heterocycles. The van der Waals surface area contributed by atoms with Gasteiger partial charge in [-0.15, -0.1) is 0 Å². The van der Waals surface area contributed by atoms with Crippen LogP contribution in [0.4, 0.5) is 0 Å². The van der Waals surface area contributed by atoms with Crippen molar-refractivity contribution in [1.29, 1.82) is 0 Å². The molecule has 0 radical (unpaired) electrons. The number of sulfonamides is 1. The second-order valence-electron chi connectivity index (χ2n) is 6.56. The number of nitrogens with zero attached hydrogens (tertiary/aromatic N) is 1. The van der Waals surface area contributed by atoms with Crippen molar-refractivity contribution in [3.05, 3.63) is 47.8 Å². The van der Waals surface area contributed by atoms with E-state index in [1.165, 1.54) is 16.6 Å². The second-order valence-corrected chi connectivity index (χ2v) is 8.50. The van der Waals surface area contributed by atoms with E-state index in [0.717, 1.165) is 24.2 Å². The molecule has 1 aliphatic rings. The van der Waals surface area contributed by atoms with Gasteiger partial charge in [-0.1, -0.05) is 12.1 Å². The van der Waals surface area contributed by atoms with E-state index in [1.807, 2.05) is 38.1 Å². The highest BCUT2D eigenvalue weighted by Crippen LogP contribution is 2.22. The van der Waals surface area contributed by atoms with Crippen molar-refractivity contribution in [3.8, 4) is 5.75 Å². The van der Waals surface area contributed by atoms with Gasteiger partial charge in [0, 0.05) is 19.3 Å². The van der Waals surface area contributed by atoms with Crippen LogP contribution >= 0.6 is 0 Å². The summed E-state index contributed by atoms with van der Waals surface area (Å²) >= 11 is 0. The fraction of sp³-hybridized carbons (Fsp3) is 0.421. The zero-order valence-corrected chi connectivity index (χ0v) is 16.4. The van der Waals surface area contributed by atoms with Crippen LogP contribution in [-0.4, -0.2) is 43.3 Å². The quantitative estimate of drug-likeness (QED) is 0.759. The van der Waals surface area contributed by atoms with Gasteiger partial charge in [-0.05, 0) is 50.5 Å². The molecular weight excluding hydrogens is 366 g/mol. The second kappa shape index (κ2) is 8.14. The molecule has 1 atom stereocenters. The van der Waals surface area contributed by atoms with Crippen molar-refractivity contribution >= 4 is 15.9 Å². The average Bonchev–Trinajstić information content (AvgIpc) is 3.35. The lowest BCUT2D eigenvalue weighted by atomic mass is 10.1. The van der Waals surface area contributed by atoms with Gasteiger partial charge >= 0.3 is 0 Å². The predicted octanol–water partition coefficient (Wildman–Crippen LogP) is 2.69. The van der Waals surface area contributed by atoms with Crippen LogP contribution in [0.25, 0.3) is 0 Å². The van der Waals surface area contributed by atoms with Crippen molar-refractivity contribution in [3.63, 3.8) is 0 Å². The van der Waals surface area contributed by atoms with Crippen molar-refractivity contribution in [2.45, 2.75) is 37.6 Å². The van der Waals surface area contributed by atoms with Crippen LogP contribution in [0.3, 0.4) is 0 Å². The first kappa shape index (κ1) is 19.4. The van der Waals surface area contributed by atoms with E-state index < -0.39 is 10.0 Å². The Morgan fingerprint density at radius 3 is 2.56 bits per heavy atom. The van der Waals surface area contributed by atoms with E-state index in [1.54, 1.807) is 0 Å². The summed E-state index contributed by atoms with van der Waals surface area (Å²) < 4.78 is 32.0. The van der Waals surface area contributed by atoms with Gasteiger partial charge in [-0.3, -0.25) is 4.79 Å². The molecule has 0 bridgehead atoms. The van der Waals surface area contributed by atoms with Crippen LogP contribution in [0.5, 0.6) is 5.75 Å². The molecule has 8 heteroatoms. The number of nitrogens with one attached hydrogen (secondary N) is 2. The van der Waals surface area contributed by atoms with E-state index in [4.69, 9.17) is 4.74 Å². The highest BCUT2D eigenvalue weighted by Gasteiger charge is 2.28. The molecule has 1 saturated heterocycles. The third kappa shape index (κ3) is 4.33. The summed E-state index contributed by atoms with van der Waals surface area (Å²) in [4.78, 5) is 15.4. The molecule has 1 fully saturated rings. The Bertz CT molecular complexity index is 884. The van der Waals surface area contributed by atoms with Crippen LogP contribution < -0.4 is 10.1 Å². The Hall–Kier alpha value is -2.32. The molecule has 2 aromatic rings. The number of rotatable bonds is 7. The van der Waals surface area contributed by atoms with Gasteiger partial charge in [0.1, 0.15) is 16.3 Å². The van der Waals surface area contributed by atoms with Crippen LogP contribution in [0, 0.1) is 0 Å². The van der Waals surface area contributed by atoms with Gasteiger partial charge in [0.25, 0.3) is 5.91 Å². The minimum Gasteiger partial charge on any atom is -0.494 e. The maximum Gasteiger partial charge on any atom is 0.268 e. The van der Waals surface area contributed by atoms with E-state index >= 15 is 0 Å². The Morgan fingerprint density at radius 2 is 1.93 bits per heavy atom. The molecular formula is C19H25N3O4S. The number of aromatic nitrogens is 1. The van der Waals surface area contributed by atoms with E-state index in [0.29, 0.717) is 19.7 Å². The van der Waals surface area contributed by atoms with Crippen LogP contribution in [0.2, 0.25) is 0 Å². The van der Waals surface area contributed by atoms with E-state index in [2.05, 4.69) is 10.3 Å². The van der Waals surface area contributed by atoms with Crippen molar-refractivity contribution in [1.82, 2.24) is 14.6 Å². The maximum absolute atomic E-state index is 12.6. The van der Waals surface area contributed by atoms with Gasteiger partial charge in [-0.2, -0.15) is 4.31 Å². The number of aromatic amines is 1. The summed E-state index contributed by atoms with van der Waals surface area (Å²) in [6.45, 7) is 5.46. The standard InChI is InChI=1S/C19H25N3O4S/c1-3-26-16-8-6-15(7-9-16)14(2)21-19(23)18-12-17(13-20-18)27(24,25)22-10-4-5-11-22/h6-9,12-14,20H,3-5,10-11H2,1-2H3,(H,21,23)/t14-/m1/s1. The van der Waals surface area contributed by atoms with Crippen molar-refractivity contribution in [2.24, 2.45) is 0 Å². The molecule has 146 valence electrons. The van der Waals surface area contributed by atoms with Crippen molar-refractivity contribution < 1.29 is 17.9 Å². The lowest BCUT2D eigenvalue weighted by Gasteiger charge is -2.15. The van der Waals surface area contributed by atoms with Gasteiger partial charge in [0.15, 0.2) is 0 Å². The summed E-state index contributed by atoms with van der Waals surface area (Å²) in [5.74, 6) is 0.431. The molecule has 3 rings (SSSR count). The number of carbonyl (C=O) groups is 1. The summed E-state index contributed by atoms with van der Waals surface area (Å²) in [7, 11) is -3.53. The van der Waals surface area contributed by atoms with Crippen LogP contribution in [0.1, 0.15) is 48.8 Å². The highest BCUT2D eigenvalue weighted by molar-refractivity contribution is 7.89. The largest absolute Gasteiger partial charge is 0.494 e. The van der Waals surface area contributed by atoms with Gasteiger partial charge in [0.05, 0.1) is 12.6 Å². The molecule has 1 aliphatic heterocycles. The lowest BCUT2D eigenvalue weighted by molar-refractivity contribution is 0.0935. The van der Waals surface area contributed by atoms with E-state index in [9.17, 15) is 13.2 Å². The Kier molecular flexibility index (Phi) is 5.86. The number of hydrogen-bond acceptors (Lipinski definition) is 4. The molecule has 0 saturated carbocycles. The highest BCUT2D eigenvalue weighted by atomic mass is 32.2. The van der Waals surface area contributed by atoms with Crippen molar-refractivity contribution in [2.75, 3.05) is 19.7 Å². The van der Waals surface area contributed by atoms with Gasteiger partial charge in [0.2, 0.25) is 10.0 Å². The minimum atomic E-state index is -3.53. The fourth-order valence-electron chi connectivity index (χ4n) is 3.11. The predicted molar refractivity (Wildman–Crippen MR) is 102 cm³/mol. The zero-order chi connectivity index (χ0) is 19.4. The van der Waals surface area contributed by atoms with Gasteiger partial charge in [-0.25, -0.2) is 8.42 Å². The minimum absolute atomic E-state index is 0.128. The Balaban J connectivity index is 1.67. The zero-order valence-electron chi connectivity index (χ0n) is 15.6. The Morgan fingerprint density at radius 1 is 1.26 bits per heavy atom. The molecule has 1 amide bonds. The molecule has 27 heavy (non-hydrogen) atoms. The number of H-pyrrole nitrogens is 1. The molecule has 2 N–H and O–H groups in total. The Labute approximate surface area is 159 Å². The average molecular weight is 391 g/mol. The van der Waals surface area contributed by atoms with Gasteiger partial charge < -0.3 is 15.0 Å². The smallest absolute Gasteiger partial charge is 0.268 e. The topological polar surface area (TPSA) is 91.5 Å². The summed E-state index contributed by atoms with van der Waals surface area (Å²) in [5, 5.41) is 2.88. The van der Waals surface area contributed by atoms with Crippen LogP contribution in [-0.2, 0) is 10.0 Å². The maximum atomic E-state index is 12.6. The molecule has 0 spiro atoms. The lowest BCUT2D eigenvalue weighted by Crippen LogP contribution is -2.28. The SMILES string of the molecule is CCOc1ccc([C@@H](C)NC(=O)c2cc(S(=O)(=O)N3CCCC3)c[nH]2)cc1. The molecule has 0 unspecified atom stereocenters.